The van der Waals surface area contributed by atoms with Gasteiger partial charge in [-0.25, -0.2) is 8.78 Å². The van der Waals surface area contributed by atoms with Crippen LogP contribution < -0.4 is 5.32 Å². The third-order valence-corrected chi connectivity index (χ3v) is 2.56. The number of benzene rings is 1. The zero-order valence-corrected chi connectivity index (χ0v) is 10.3. The van der Waals surface area contributed by atoms with Gasteiger partial charge < -0.3 is 10.1 Å². The molecule has 0 aliphatic carbocycles. The highest BCUT2D eigenvalue weighted by Crippen LogP contribution is 2.25. The average molecular weight is 252 g/mol. The topological polar surface area (TPSA) is 34.1 Å². The van der Waals surface area contributed by atoms with E-state index in [0.717, 1.165) is 17.8 Å². The Labute approximate surface area is 104 Å². The van der Waals surface area contributed by atoms with Crippen LogP contribution in [0.25, 0.3) is 10.9 Å². The van der Waals surface area contributed by atoms with E-state index in [2.05, 4.69) is 10.3 Å². The molecule has 18 heavy (non-hydrogen) atoms. The first kappa shape index (κ1) is 12.7. The van der Waals surface area contributed by atoms with Gasteiger partial charge >= 0.3 is 0 Å². The summed E-state index contributed by atoms with van der Waals surface area (Å²) in [5.41, 5.74) is 1.82. The normalized spacial score (nSPS) is 10.9. The first-order valence-electron chi connectivity index (χ1n) is 5.67. The molecule has 0 unspecified atom stereocenters. The number of aromatic nitrogens is 1. The standard InChI is InChI=1S/C13H14F2N2O/c1-3-16-12-4-8(7-18-2)17-13-6-11(15)10(14)5-9(12)13/h4-6H,3,7H2,1-2H3,(H,16,17). The molecule has 0 bridgehead atoms. The molecule has 2 rings (SSSR count). The molecule has 1 aromatic carbocycles. The minimum atomic E-state index is -0.896. The third kappa shape index (κ3) is 2.41. The fourth-order valence-corrected chi connectivity index (χ4v) is 1.83. The first-order chi connectivity index (χ1) is 8.65. The molecule has 0 aliphatic heterocycles. The van der Waals surface area contributed by atoms with Crippen LogP contribution in [-0.4, -0.2) is 18.6 Å². The number of hydrogen-bond acceptors (Lipinski definition) is 3. The molecule has 0 saturated carbocycles. The van der Waals surface area contributed by atoms with Crippen LogP contribution in [0.15, 0.2) is 18.2 Å². The average Bonchev–Trinajstić information content (AvgIpc) is 2.32. The van der Waals surface area contributed by atoms with E-state index in [1.807, 2.05) is 6.92 Å². The number of hydrogen-bond donors (Lipinski definition) is 1. The third-order valence-electron chi connectivity index (χ3n) is 2.56. The Kier molecular flexibility index (Phi) is 3.72. The molecule has 3 nitrogen and oxygen atoms in total. The van der Waals surface area contributed by atoms with E-state index in [1.54, 1.807) is 13.2 Å². The van der Waals surface area contributed by atoms with Crippen LogP contribution in [0.4, 0.5) is 14.5 Å². The molecule has 1 N–H and O–H groups in total. The highest BCUT2D eigenvalue weighted by molar-refractivity contribution is 5.91. The Morgan fingerprint density at radius 3 is 2.61 bits per heavy atom. The van der Waals surface area contributed by atoms with Crippen molar-refractivity contribution >= 4 is 16.6 Å². The van der Waals surface area contributed by atoms with Crippen molar-refractivity contribution in [1.82, 2.24) is 4.98 Å². The Bertz CT molecular complexity index is 572. The summed E-state index contributed by atoms with van der Waals surface area (Å²) < 4.78 is 31.5. The molecule has 0 fully saturated rings. The van der Waals surface area contributed by atoms with Crippen molar-refractivity contribution in [2.45, 2.75) is 13.5 Å². The van der Waals surface area contributed by atoms with Gasteiger partial charge in [-0.2, -0.15) is 0 Å². The summed E-state index contributed by atoms with van der Waals surface area (Å²) in [5, 5.41) is 3.68. The van der Waals surface area contributed by atoms with Gasteiger partial charge in [-0.15, -0.1) is 0 Å². The van der Waals surface area contributed by atoms with E-state index >= 15 is 0 Å². The summed E-state index contributed by atoms with van der Waals surface area (Å²) in [6.07, 6.45) is 0. The number of methoxy groups -OCH3 is 1. The molecule has 96 valence electrons. The molecule has 0 radical (unpaired) electrons. The summed E-state index contributed by atoms with van der Waals surface area (Å²) in [6, 6.07) is 4.05. The summed E-state index contributed by atoms with van der Waals surface area (Å²) >= 11 is 0. The Balaban J connectivity index is 2.64. The fraction of sp³-hybridized carbons (Fsp3) is 0.308. The van der Waals surface area contributed by atoms with Crippen molar-refractivity contribution in [3.05, 3.63) is 35.5 Å². The fourth-order valence-electron chi connectivity index (χ4n) is 1.83. The van der Waals surface area contributed by atoms with Crippen molar-refractivity contribution < 1.29 is 13.5 Å². The van der Waals surface area contributed by atoms with E-state index in [-0.39, 0.29) is 0 Å². The van der Waals surface area contributed by atoms with Crippen molar-refractivity contribution in [3.63, 3.8) is 0 Å². The monoisotopic (exact) mass is 252 g/mol. The maximum Gasteiger partial charge on any atom is 0.161 e. The number of fused-ring (bicyclic) bond motifs is 1. The number of halogens is 2. The molecule has 0 saturated heterocycles. The van der Waals surface area contributed by atoms with Crippen LogP contribution in [0, 0.1) is 11.6 Å². The van der Waals surface area contributed by atoms with Gasteiger partial charge in [0.25, 0.3) is 0 Å². The molecule has 0 amide bonds. The minimum absolute atomic E-state index is 0.327. The number of nitrogens with one attached hydrogen (secondary N) is 1. The summed E-state index contributed by atoms with van der Waals surface area (Å²) in [5.74, 6) is -1.77. The van der Waals surface area contributed by atoms with Gasteiger partial charge in [0.2, 0.25) is 0 Å². The SMILES string of the molecule is CCNc1cc(COC)nc2cc(F)c(F)cc12. The number of pyridine rings is 1. The summed E-state index contributed by atoms with van der Waals surface area (Å²) in [7, 11) is 1.56. The van der Waals surface area contributed by atoms with Crippen molar-refractivity contribution in [3.8, 4) is 0 Å². The quantitative estimate of drug-likeness (QED) is 0.908. The van der Waals surface area contributed by atoms with E-state index in [1.165, 1.54) is 0 Å². The largest absolute Gasteiger partial charge is 0.385 e. The molecular weight excluding hydrogens is 238 g/mol. The van der Waals surface area contributed by atoms with Crippen LogP contribution in [0.5, 0.6) is 0 Å². The van der Waals surface area contributed by atoms with Crippen LogP contribution in [0.1, 0.15) is 12.6 Å². The minimum Gasteiger partial charge on any atom is -0.385 e. The molecule has 0 spiro atoms. The zero-order valence-electron chi connectivity index (χ0n) is 10.3. The van der Waals surface area contributed by atoms with Crippen LogP contribution in [0.3, 0.4) is 0 Å². The predicted octanol–water partition coefficient (Wildman–Crippen LogP) is 3.09. The molecule has 0 atom stereocenters. The lowest BCUT2D eigenvalue weighted by atomic mass is 10.1. The van der Waals surface area contributed by atoms with Gasteiger partial charge in [-0.05, 0) is 19.1 Å². The van der Waals surface area contributed by atoms with E-state index < -0.39 is 11.6 Å². The van der Waals surface area contributed by atoms with E-state index in [9.17, 15) is 8.78 Å². The first-order valence-corrected chi connectivity index (χ1v) is 5.67. The smallest absolute Gasteiger partial charge is 0.161 e. The zero-order chi connectivity index (χ0) is 13.1. The lowest BCUT2D eigenvalue weighted by molar-refractivity contribution is 0.182. The van der Waals surface area contributed by atoms with Crippen molar-refractivity contribution in [1.29, 1.82) is 0 Å². The Morgan fingerprint density at radius 2 is 1.94 bits per heavy atom. The maximum absolute atomic E-state index is 13.3. The Morgan fingerprint density at radius 1 is 1.22 bits per heavy atom. The number of rotatable bonds is 4. The molecule has 2 aromatic rings. The molecule has 0 aliphatic rings. The van der Waals surface area contributed by atoms with Gasteiger partial charge in [0.15, 0.2) is 11.6 Å². The van der Waals surface area contributed by atoms with Gasteiger partial charge in [0.05, 0.1) is 17.8 Å². The lowest BCUT2D eigenvalue weighted by Gasteiger charge is -2.10. The van der Waals surface area contributed by atoms with E-state index in [0.29, 0.717) is 29.7 Å². The van der Waals surface area contributed by atoms with Gasteiger partial charge in [0.1, 0.15) is 0 Å². The summed E-state index contributed by atoms with van der Waals surface area (Å²) in [6.45, 7) is 2.94. The van der Waals surface area contributed by atoms with Crippen LogP contribution >= 0.6 is 0 Å². The van der Waals surface area contributed by atoms with Gasteiger partial charge in [-0.1, -0.05) is 0 Å². The highest BCUT2D eigenvalue weighted by atomic mass is 19.2. The second-order valence-electron chi connectivity index (χ2n) is 3.91. The lowest BCUT2D eigenvalue weighted by Crippen LogP contribution is -2.02. The van der Waals surface area contributed by atoms with Crippen molar-refractivity contribution in [2.24, 2.45) is 0 Å². The highest BCUT2D eigenvalue weighted by Gasteiger charge is 2.10. The molecule has 1 aromatic heterocycles. The second-order valence-corrected chi connectivity index (χ2v) is 3.91. The molecule has 1 heterocycles. The second kappa shape index (κ2) is 5.27. The van der Waals surface area contributed by atoms with E-state index in [4.69, 9.17) is 4.74 Å². The number of ether oxygens (including phenoxy) is 1. The van der Waals surface area contributed by atoms with Gasteiger partial charge in [-0.3, -0.25) is 4.98 Å². The van der Waals surface area contributed by atoms with Crippen LogP contribution in [-0.2, 0) is 11.3 Å². The molecular formula is C13H14F2N2O. The predicted molar refractivity (Wildman–Crippen MR) is 66.5 cm³/mol. The van der Waals surface area contributed by atoms with Crippen molar-refractivity contribution in [2.75, 3.05) is 19.0 Å². The maximum atomic E-state index is 13.3. The van der Waals surface area contributed by atoms with Gasteiger partial charge in [0, 0.05) is 30.8 Å². The van der Waals surface area contributed by atoms with Crippen LogP contribution in [0.2, 0.25) is 0 Å². The summed E-state index contributed by atoms with van der Waals surface area (Å²) in [4.78, 5) is 4.24. The number of nitrogens with zero attached hydrogens (tertiary/aromatic N) is 1. The Hall–Kier alpha value is -1.75. The molecule has 5 heteroatoms. The number of anilines is 1.